The predicted molar refractivity (Wildman–Crippen MR) is 78.7 cm³/mol. The number of fused-ring (bicyclic) bond motifs is 2. The average molecular weight is 290 g/mol. The molecule has 112 valence electrons. The van der Waals surface area contributed by atoms with E-state index in [-0.39, 0.29) is 12.4 Å². The normalized spacial score (nSPS) is 9.67. The third-order valence-electron chi connectivity index (χ3n) is 2.33. The Morgan fingerprint density at radius 3 is 1.90 bits per heavy atom. The second kappa shape index (κ2) is 8.60. The maximum absolute atomic E-state index is 10.8. The van der Waals surface area contributed by atoms with E-state index < -0.39 is 5.97 Å². The smallest absolute Gasteiger partial charge is 0.337 e. The lowest BCUT2D eigenvalue weighted by Gasteiger charge is -2.13. The molecule has 0 atom stereocenters. The van der Waals surface area contributed by atoms with Gasteiger partial charge in [0.2, 0.25) is 0 Å². The number of aliphatic hydroxyl groups is 1. The first-order valence-electron chi connectivity index (χ1n) is 6.36. The summed E-state index contributed by atoms with van der Waals surface area (Å²) in [7, 11) is 1.31. The number of carbonyl (C=O) groups is 1. The number of hydrogen-bond donors (Lipinski definition) is 2. The number of methoxy groups -OCH3 is 1. The molecule has 0 aliphatic carbocycles. The van der Waals surface area contributed by atoms with E-state index in [0.29, 0.717) is 5.56 Å². The number of esters is 1. The molecule has 5 nitrogen and oxygen atoms in total. The predicted octanol–water partition coefficient (Wildman–Crippen LogP) is 2.97. The van der Waals surface area contributed by atoms with Gasteiger partial charge in [-0.15, -0.1) is 0 Å². The Hall–Kier alpha value is -2.53. The highest BCUT2D eigenvalue weighted by molar-refractivity contribution is 5.89. The number of rotatable bonds is 1. The molecule has 2 heterocycles. The van der Waals surface area contributed by atoms with E-state index in [2.05, 4.69) is 4.74 Å². The zero-order chi connectivity index (χ0) is 15.7. The zero-order valence-corrected chi connectivity index (χ0v) is 11.9. The fraction of sp³-hybridized carbons (Fsp3) is 0.188. The molecule has 2 aliphatic rings. The number of benzene rings is 2. The van der Waals surface area contributed by atoms with Gasteiger partial charge in [-0.25, -0.2) is 4.79 Å². The fourth-order valence-corrected chi connectivity index (χ4v) is 1.39. The molecule has 4 rings (SSSR count). The van der Waals surface area contributed by atoms with Crippen LogP contribution in [0.1, 0.15) is 17.3 Å². The minimum absolute atomic E-state index is 0.137. The Morgan fingerprint density at radius 1 is 1.14 bits per heavy atom. The van der Waals surface area contributed by atoms with Crippen LogP contribution in [-0.2, 0) is 4.74 Å². The van der Waals surface area contributed by atoms with Gasteiger partial charge in [-0.2, -0.15) is 0 Å². The number of aromatic hydroxyl groups is 1. The van der Waals surface area contributed by atoms with E-state index in [1.165, 1.54) is 31.4 Å². The minimum Gasteiger partial charge on any atom is -0.508 e. The largest absolute Gasteiger partial charge is 0.508 e. The van der Waals surface area contributed by atoms with Gasteiger partial charge in [0.1, 0.15) is 17.2 Å². The molecule has 2 bridgehead atoms. The van der Waals surface area contributed by atoms with Crippen molar-refractivity contribution in [3.63, 3.8) is 0 Å². The first-order chi connectivity index (χ1) is 10.1. The molecule has 0 aromatic heterocycles. The summed E-state index contributed by atoms with van der Waals surface area (Å²) in [4.78, 5) is 10.8. The van der Waals surface area contributed by atoms with Crippen molar-refractivity contribution in [3.05, 3.63) is 54.1 Å². The first-order valence-corrected chi connectivity index (χ1v) is 6.36. The SMILES string of the molecule is CCO.COC(=O)c1ccc(O)cc1.c1cc2cc(c1)O2. The molecule has 0 saturated heterocycles. The Bertz CT molecular complexity index is 538. The van der Waals surface area contributed by atoms with Crippen molar-refractivity contribution < 1.29 is 24.5 Å². The van der Waals surface area contributed by atoms with Crippen molar-refractivity contribution in [2.45, 2.75) is 6.92 Å². The van der Waals surface area contributed by atoms with E-state index in [1.54, 1.807) is 6.92 Å². The summed E-state index contributed by atoms with van der Waals surface area (Å²) >= 11 is 0. The van der Waals surface area contributed by atoms with Gasteiger partial charge in [0.05, 0.1) is 12.7 Å². The van der Waals surface area contributed by atoms with Crippen LogP contribution in [0.25, 0.3) is 0 Å². The molecule has 0 amide bonds. The topological polar surface area (TPSA) is 76.0 Å². The van der Waals surface area contributed by atoms with E-state index in [1.807, 2.05) is 24.3 Å². The monoisotopic (exact) mass is 290 g/mol. The van der Waals surface area contributed by atoms with Crippen LogP contribution in [0, 0.1) is 0 Å². The molecule has 2 aliphatic heterocycles. The Morgan fingerprint density at radius 2 is 1.62 bits per heavy atom. The highest BCUT2D eigenvalue weighted by Crippen LogP contribution is 2.32. The summed E-state index contributed by atoms with van der Waals surface area (Å²) in [6, 6.07) is 13.7. The molecule has 0 spiro atoms. The molecule has 0 saturated carbocycles. The maximum atomic E-state index is 10.8. The molecular formula is C16H18O5. The van der Waals surface area contributed by atoms with Crippen molar-refractivity contribution in [2.24, 2.45) is 0 Å². The van der Waals surface area contributed by atoms with Crippen LogP contribution in [0.2, 0.25) is 0 Å². The summed E-state index contributed by atoms with van der Waals surface area (Å²) in [5, 5.41) is 16.4. The van der Waals surface area contributed by atoms with Gasteiger partial charge in [-0.3, -0.25) is 0 Å². The maximum Gasteiger partial charge on any atom is 0.337 e. The highest BCUT2D eigenvalue weighted by Gasteiger charge is 2.06. The lowest BCUT2D eigenvalue weighted by molar-refractivity contribution is 0.0600. The van der Waals surface area contributed by atoms with E-state index in [9.17, 15) is 4.79 Å². The summed E-state index contributed by atoms with van der Waals surface area (Å²) in [5.74, 6) is 1.71. The molecule has 0 radical (unpaired) electrons. The van der Waals surface area contributed by atoms with E-state index in [0.717, 1.165) is 11.5 Å². The number of aliphatic hydroxyl groups excluding tert-OH is 1. The van der Waals surface area contributed by atoms with Gasteiger partial charge >= 0.3 is 5.97 Å². The quantitative estimate of drug-likeness (QED) is 0.674. The Balaban J connectivity index is 0.000000187. The lowest BCUT2D eigenvalue weighted by Crippen LogP contribution is -1.99. The summed E-state index contributed by atoms with van der Waals surface area (Å²) in [5.41, 5.74) is 0.435. The molecule has 21 heavy (non-hydrogen) atoms. The molecule has 0 unspecified atom stereocenters. The average Bonchev–Trinajstić information content (AvgIpc) is 2.49. The number of phenols is 1. The van der Waals surface area contributed by atoms with Gasteiger partial charge < -0.3 is 19.7 Å². The molecular weight excluding hydrogens is 272 g/mol. The number of carbonyl (C=O) groups excluding carboxylic acids is 1. The summed E-state index contributed by atoms with van der Waals surface area (Å²) in [6.07, 6.45) is 0. The van der Waals surface area contributed by atoms with Crippen LogP contribution in [0.4, 0.5) is 0 Å². The fourth-order valence-electron chi connectivity index (χ4n) is 1.39. The second-order valence-corrected chi connectivity index (χ2v) is 3.93. The molecule has 0 fully saturated rings. The third kappa shape index (κ3) is 5.54. The van der Waals surface area contributed by atoms with Gasteiger partial charge in [-0.05, 0) is 43.3 Å². The number of ether oxygens (including phenoxy) is 2. The van der Waals surface area contributed by atoms with Crippen molar-refractivity contribution >= 4 is 5.97 Å². The number of phenolic OH excluding ortho intramolecular Hbond substituents is 1. The minimum atomic E-state index is -0.398. The zero-order valence-electron chi connectivity index (χ0n) is 11.9. The summed E-state index contributed by atoms with van der Waals surface area (Å²) < 4.78 is 9.47. The van der Waals surface area contributed by atoms with Crippen LogP contribution in [-0.4, -0.2) is 29.9 Å². The molecule has 2 N–H and O–H groups in total. The summed E-state index contributed by atoms with van der Waals surface area (Å²) in [6.45, 7) is 1.93. The van der Waals surface area contributed by atoms with Crippen molar-refractivity contribution in [1.82, 2.24) is 0 Å². The molecule has 5 heteroatoms. The molecule has 2 aromatic carbocycles. The standard InChI is InChI=1S/C8H8O3.C6H4O.C2H6O/c1-11-8(10)6-2-4-7(9)5-3-6;1-2-5-4-6(3-1)7-5;1-2-3/h2-5,9H,1H3;1-4H;3H,2H2,1H3. The Kier molecular flexibility index (Phi) is 6.77. The highest BCUT2D eigenvalue weighted by atomic mass is 16.5. The van der Waals surface area contributed by atoms with Crippen LogP contribution in [0.5, 0.6) is 17.2 Å². The van der Waals surface area contributed by atoms with Gasteiger partial charge in [-0.1, -0.05) is 6.07 Å². The molecule has 2 aromatic rings. The van der Waals surface area contributed by atoms with Crippen molar-refractivity contribution in [1.29, 1.82) is 0 Å². The van der Waals surface area contributed by atoms with E-state index in [4.69, 9.17) is 14.9 Å². The van der Waals surface area contributed by atoms with Gasteiger partial charge in [0.15, 0.2) is 0 Å². The van der Waals surface area contributed by atoms with E-state index >= 15 is 0 Å². The van der Waals surface area contributed by atoms with Gasteiger partial charge in [0, 0.05) is 12.7 Å². The first kappa shape index (κ1) is 16.5. The third-order valence-corrected chi connectivity index (χ3v) is 2.33. The van der Waals surface area contributed by atoms with Crippen molar-refractivity contribution in [2.75, 3.05) is 13.7 Å². The Labute approximate surface area is 123 Å². The van der Waals surface area contributed by atoms with Crippen molar-refractivity contribution in [3.8, 4) is 17.2 Å². The van der Waals surface area contributed by atoms with Gasteiger partial charge in [0.25, 0.3) is 0 Å². The second-order valence-electron chi connectivity index (χ2n) is 3.93. The van der Waals surface area contributed by atoms with Crippen LogP contribution >= 0.6 is 0 Å². The number of hydrogen-bond acceptors (Lipinski definition) is 5. The van der Waals surface area contributed by atoms with Crippen LogP contribution in [0.15, 0.2) is 48.5 Å². The lowest BCUT2D eigenvalue weighted by atomic mass is 10.2. The van der Waals surface area contributed by atoms with Crippen LogP contribution in [0.3, 0.4) is 0 Å². The van der Waals surface area contributed by atoms with Crippen LogP contribution < -0.4 is 4.74 Å².